The number of nitro groups is 1. The summed E-state index contributed by atoms with van der Waals surface area (Å²) < 4.78 is 11.5. The van der Waals surface area contributed by atoms with Crippen molar-refractivity contribution in [2.24, 2.45) is 0 Å². The molecule has 0 bridgehead atoms. The number of nitro benzene ring substituents is 1. The number of hydrogen-bond donors (Lipinski definition) is 0. The van der Waals surface area contributed by atoms with Gasteiger partial charge in [-0.3, -0.25) is 19.8 Å². The second-order valence-electron chi connectivity index (χ2n) is 6.19. The summed E-state index contributed by atoms with van der Waals surface area (Å²) in [5.74, 6) is 1.30. The number of furan rings is 1. The normalized spacial score (nSPS) is 15.1. The van der Waals surface area contributed by atoms with Gasteiger partial charge in [0.05, 0.1) is 22.6 Å². The summed E-state index contributed by atoms with van der Waals surface area (Å²) in [5, 5.41) is 10.8. The number of methoxy groups -OCH3 is 1. The minimum absolute atomic E-state index is 0.00513. The van der Waals surface area contributed by atoms with Crippen molar-refractivity contribution < 1.29 is 18.9 Å². The summed E-state index contributed by atoms with van der Waals surface area (Å²) in [7, 11) is 1.54. The van der Waals surface area contributed by atoms with E-state index in [4.69, 9.17) is 21.4 Å². The van der Waals surface area contributed by atoms with Crippen LogP contribution in [-0.4, -0.2) is 22.3 Å². The van der Waals surface area contributed by atoms with Gasteiger partial charge in [-0.25, -0.2) is 0 Å². The molecule has 9 heteroatoms. The standard InChI is InChI=1S/C21H14N2O5S2/c1-27-18-5-3-2-4-16(18)22-20(24)19(30-21(22)29)12-15-10-11-17(28-15)13-6-8-14(9-7-13)23(25)26/h2-12H,1H3/b19-12-. The third-order valence-electron chi connectivity index (χ3n) is 4.38. The van der Waals surface area contributed by atoms with Crippen LogP contribution in [0.1, 0.15) is 5.76 Å². The monoisotopic (exact) mass is 438 g/mol. The fourth-order valence-corrected chi connectivity index (χ4v) is 4.22. The van der Waals surface area contributed by atoms with E-state index in [0.29, 0.717) is 37.7 Å². The van der Waals surface area contributed by atoms with Crippen LogP contribution in [0.4, 0.5) is 11.4 Å². The third kappa shape index (κ3) is 3.72. The number of hydrogen-bond acceptors (Lipinski definition) is 7. The quantitative estimate of drug-likeness (QED) is 0.232. The molecule has 2 heterocycles. The third-order valence-corrected chi connectivity index (χ3v) is 5.68. The number of thiocarbonyl (C=S) groups is 1. The summed E-state index contributed by atoms with van der Waals surface area (Å²) in [6.45, 7) is 0. The fourth-order valence-electron chi connectivity index (χ4n) is 2.95. The Labute approximate surface area is 181 Å². The number of carbonyl (C=O) groups excluding carboxylic acids is 1. The van der Waals surface area contributed by atoms with Crippen LogP contribution in [0.5, 0.6) is 5.75 Å². The number of nitrogens with zero attached hydrogens (tertiary/aromatic N) is 2. The van der Waals surface area contributed by atoms with E-state index in [-0.39, 0.29) is 11.6 Å². The largest absolute Gasteiger partial charge is 0.495 e. The molecule has 0 radical (unpaired) electrons. The highest BCUT2D eigenvalue weighted by Crippen LogP contribution is 2.40. The van der Waals surface area contributed by atoms with E-state index in [9.17, 15) is 14.9 Å². The van der Waals surface area contributed by atoms with E-state index in [2.05, 4.69) is 0 Å². The van der Waals surface area contributed by atoms with E-state index >= 15 is 0 Å². The average Bonchev–Trinajstić information content (AvgIpc) is 3.32. The van der Waals surface area contributed by atoms with Gasteiger partial charge >= 0.3 is 0 Å². The van der Waals surface area contributed by atoms with Gasteiger partial charge in [0.25, 0.3) is 11.6 Å². The lowest BCUT2D eigenvalue weighted by atomic mass is 10.1. The minimum Gasteiger partial charge on any atom is -0.495 e. The molecule has 1 fully saturated rings. The van der Waals surface area contributed by atoms with Crippen LogP contribution in [0, 0.1) is 10.1 Å². The highest BCUT2D eigenvalue weighted by molar-refractivity contribution is 8.27. The first-order valence-corrected chi connectivity index (χ1v) is 9.96. The maximum atomic E-state index is 13.0. The first kappa shape index (κ1) is 19.9. The number of thioether (sulfide) groups is 1. The highest BCUT2D eigenvalue weighted by atomic mass is 32.2. The molecule has 30 heavy (non-hydrogen) atoms. The molecule has 4 rings (SSSR count). The van der Waals surface area contributed by atoms with Crippen molar-refractivity contribution in [2.75, 3.05) is 12.0 Å². The molecule has 1 amide bonds. The molecular weight excluding hydrogens is 424 g/mol. The number of amides is 1. The lowest BCUT2D eigenvalue weighted by Crippen LogP contribution is -2.27. The zero-order valence-corrected chi connectivity index (χ0v) is 17.2. The molecule has 0 aliphatic carbocycles. The van der Waals surface area contributed by atoms with Gasteiger partial charge in [0.1, 0.15) is 17.3 Å². The van der Waals surface area contributed by atoms with E-state index in [1.807, 2.05) is 12.1 Å². The molecule has 1 aliphatic rings. The Hall–Kier alpha value is -3.43. The molecule has 0 spiro atoms. The van der Waals surface area contributed by atoms with Crippen LogP contribution >= 0.6 is 24.0 Å². The lowest BCUT2D eigenvalue weighted by molar-refractivity contribution is -0.384. The Balaban J connectivity index is 1.59. The molecule has 1 aliphatic heterocycles. The Morgan fingerprint density at radius 3 is 2.57 bits per heavy atom. The smallest absolute Gasteiger partial charge is 0.271 e. The van der Waals surface area contributed by atoms with Crippen LogP contribution in [0.3, 0.4) is 0 Å². The molecule has 0 atom stereocenters. The van der Waals surface area contributed by atoms with Gasteiger partial charge < -0.3 is 9.15 Å². The number of rotatable bonds is 5. The van der Waals surface area contributed by atoms with Crippen molar-refractivity contribution >= 4 is 51.7 Å². The van der Waals surface area contributed by atoms with Crippen LogP contribution < -0.4 is 9.64 Å². The Kier molecular flexibility index (Phi) is 5.39. The van der Waals surface area contributed by atoms with Crippen molar-refractivity contribution in [3.05, 3.63) is 81.4 Å². The molecular formula is C21H14N2O5S2. The van der Waals surface area contributed by atoms with Gasteiger partial charge in [-0.2, -0.15) is 0 Å². The van der Waals surface area contributed by atoms with Crippen molar-refractivity contribution in [1.29, 1.82) is 0 Å². The van der Waals surface area contributed by atoms with Gasteiger partial charge in [-0.05, 0) is 36.4 Å². The molecule has 0 unspecified atom stereocenters. The first-order valence-electron chi connectivity index (χ1n) is 8.73. The molecule has 1 saturated heterocycles. The van der Waals surface area contributed by atoms with Crippen LogP contribution in [0.25, 0.3) is 17.4 Å². The maximum absolute atomic E-state index is 13.0. The number of benzene rings is 2. The molecule has 150 valence electrons. The zero-order chi connectivity index (χ0) is 21.3. The van der Waals surface area contributed by atoms with Gasteiger partial charge in [-0.15, -0.1) is 0 Å². The highest BCUT2D eigenvalue weighted by Gasteiger charge is 2.35. The predicted octanol–water partition coefficient (Wildman–Crippen LogP) is 5.27. The second kappa shape index (κ2) is 8.13. The summed E-state index contributed by atoms with van der Waals surface area (Å²) >= 11 is 6.58. The molecule has 7 nitrogen and oxygen atoms in total. The molecule has 1 aromatic heterocycles. The van der Waals surface area contributed by atoms with Crippen molar-refractivity contribution in [2.45, 2.75) is 0 Å². The molecule has 3 aromatic rings. The second-order valence-corrected chi connectivity index (χ2v) is 7.87. The van der Waals surface area contributed by atoms with Crippen LogP contribution in [-0.2, 0) is 4.79 Å². The minimum atomic E-state index is -0.457. The van der Waals surface area contributed by atoms with Crippen molar-refractivity contribution in [3.8, 4) is 17.1 Å². The Morgan fingerprint density at radius 1 is 1.13 bits per heavy atom. The molecule has 0 saturated carbocycles. The SMILES string of the molecule is COc1ccccc1N1C(=O)/C(=C/c2ccc(-c3ccc([N+](=O)[O-])cc3)o2)SC1=S. The van der Waals surface area contributed by atoms with E-state index in [0.717, 1.165) is 0 Å². The zero-order valence-electron chi connectivity index (χ0n) is 15.6. The first-order chi connectivity index (χ1) is 14.5. The predicted molar refractivity (Wildman–Crippen MR) is 119 cm³/mol. The Bertz CT molecular complexity index is 1180. The van der Waals surface area contributed by atoms with E-state index in [1.54, 1.807) is 42.5 Å². The Morgan fingerprint density at radius 2 is 1.87 bits per heavy atom. The van der Waals surface area contributed by atoms with Crippen LogP contribution in [0.2, 0.25) is 0 Å². The van der Waals surface area contributed by atoms with Crippen molar-refractivity contribution in [1.82, 2.24) is 0 Å². The van der Waals surface area contributed by atoms with Crippen molar-refractivity contribution in [3.63, 3.8) is 0 Å². The number of carbonyl (C=O) groups is 1. The number of para-hydroxylation sites is 2. The number of anilines is 1. The summed E-state index contributed by atoms with van der Waals surface area (Å²) in [6.07, 6.45) is 1.63. The fraction of sp³-hybridized carbons (Fsp3) is 0.0476. The van der Waals surface area contributed by atoms with Gasteiger partial charge in [0.2, 0.25) is 0 Å². The van der Waals surface area contributed by atoms with Gasteiger partial charge in [0.15, 0.2) is 4.32 Å². The number of ether oxygens (including phenoxy) is 1. The van der Waals surface area contributed by atoms with E-state index in [1.165, 1.54) is 35.9 Å². The van der Waals surface area contributed by atoms with Gasteiger partial charge in [-0.1, -0.05) is 36.1 Å². The van der Waals surface area contributed by atoms with Gasteiger partial charge in [0, 0.05) is 23.8 Å². The average molecular weight is 438 g/mol. The maximum Gasteiger partial charge on any atom is 0.271 e. The topological polar surface area (TPSA) is 85.8 Å². The van der Waals surface area contributed by atoms with E-state index < -0.39 is 4.92 Å². The summed E-state index contributed by atoms with van der Waals surface area (Å²) in [4.78, 5) is 25.2. The summed E-state index contributed by atoms with van der Waals surface area (Å²) in [5.41, 5.74) is 1.28. The summed E-state index contributed by atoms with van der Waals surface area (Å²) in [6, 6.07) is 16.7. The van der Waals surface area contributed by atoms with Crippen LogP contribution in [0.15, 0.2) is 70.0 Å². The molecule has 0 N–H and O–H groups in total. The number of non-ortho nitro benzene ring substituents is 1. The molecule has 2 aromatic carbocycles. The lowest BCUT2D eigenvalue weighted by Gasteiger charge is -2.17.